The summed E-state index contributed by atoms with van der Waals surface area (Å²) in [7, 11) is -4.52. The lowest BCUT2D eigenvalue weighted by Gasteiger charge is -2.07. The summed E-state index contributed by atoms with van der Waals surface area (Å²) in [6, 6.07) is 0. The summed E-state index contributed by atoms with van der Waals surface area (Å²) in [6.07, 6.45) is -0.909. The van der Waals surface area contributed by atoms with Gasteiger partial charge in [0.25, 0.3) is 0 Å². The van der Waals surface area contributed by atoms with E-state index in [1.54, 1.807) is 0 Å². The zero-order valence-electron chi connectivity index (χ0n) is 5.58. The van der Waals surface area contributed by atoms with Gasteiger partial charge in [-0.3, -0.25) is 4.52 Å². The molecule has 0 saturated carbocycles. The van der Waals surface area contributed by atoms with Gasteiger partial charge in [0.1, 0.15) is 6.29 Å². The van der Waals surface area contributed by atoms with Gasteiger partial charge in [0, 0.05) is 6.42 Å². The predicted molar refractivity (Wildman–Crippen MR) is 34.7 cm³/mol. The van der Waals surface area contributed by atoms with Crippen LogP contribution in [0.4, 0.5) is 0 Å². The molecule has 0 aromatic heterocycles. The quantitative estimate of drug-likeness (QED) is 0.375. The van der Waals surface area contributed by atoms with Crippen LogP contribution in [-0.4, -0.2) is 33.9 Å². The number of phosphoric ester groups is 1. The summed E-state index contributed by atoms with van der Waals surface area (Å²) in [5.41, 5.74) is 0. The van der Waals surface area contributed by atoms with Gasteiger partial charge in [-0.05, 0) is 0 Å². The molecular weight excluding hydrogens is 175 g/mol. The van der Waals surface area contributed by atoms with E-state index in [-0.39, 0.29) is 6.42 Å². The molecule has 0 amide bonds. The molecule has 0 heterocycles. The number of hydrogen-bond donors (Lipinski definition) is 3. The minimum Gasteiger partial charge on any atom is -0.390 e. The fraction of sp³-hybridized carbons (Fsp3) is 0.750. The van der Waals surface area contributed by atoms with Gasteiger partial charge in [-0.25, -0.2) is 4.57 Å². The van der Waals surface area contributed by atoms with Gasteiger partial charge in [0.05, 0.1) is 12.7 Å². The van der Waals surface area contributed by atoms with Crippen molar-refractivity contribution in [3.8, 4) is 0 Å². The number of aliphatic hydroxyl groups is 1. The van der Waals surface area contributed by atoms with E-state index < -0.39 is 20.5 Å². The van der Waals surface area contributed by atoms with E-state index in [4.69, 9.17) is 14.9 Å². The molecule has 0 aliphatic rings. The summed E-state index contributed by atoms with van der Waals surface area (Å²) in [5, 5.41) is 8.71. The Labute approximate surface area is 63.0 Å². The molecule has 0 rings (SSSR count). The summed E-state index contributed by atoms with van der Waals surface area (Å²) in [5.74, 6) is 0. The Bertz CT molecular complexity index is 162. The van der Waals surface area contributed by atoms with Gasteiger partial charge in [0.2, 0.25) is 0 Å². The third-order valence-electron chi connectivity index (χ3n) is 0.803. The third kappa shape index (κ3) is 7.64. The largest absolute Gasteiger partial charge is 0.469 e. The lowest BCUT2D eigenvalue weighted by Crippen LogP contribution is -2.14. The Hall–Kier alpha value is -0.260. The highest BCUT2D eigenvalue weighted by Crippen LogP contribution is 2.35. The van der Waals surface area contributed by atoms with Crippen molar-refractivity contribution in [1.82, 2.24) is 0 Å². The maximum atomic E-state index is 10.0. The van der Waals surface area contributed by atoms with Crippen LogP contribution in [0.1, 0.15) is 6.42 Å². The number of hydrogen-bond acceptors (Lipinski definition) is 4. The first-order valence-corrected chi connectivity index (χ1v) is 4.30. The Balaban J connectivity index is 3.53. The van der Waals surface area contributed by atoms with Crippen molar-refractivity contribution in [1.29, 1.82) is 0 Å². The summed E-state index contributed by atoms with van der Waals surface area (Å²) >= 11 is 0. The highest BCUT2D eigenvalue weighted by Gasteiger charge is 2.16. The first-order chi connectivity index (χ1) is 4.95. The van der Waals surface area contributed by atoms with Crippen molar-refractivity contribution < 1.29 is 28.8 Å². The fourth-order valence-electron chi connectivity index (χ4n) is 0.362. The van der Waals surface area contributed by atoms with Gasteiger partial charge in [-0.1, -0.05) is 0 Å². The minimum absolute atomic E-state index is 0.194. The molecule has 0 radical (unpaired) electrons. The molecular formula is C4H9O6P. The summed E-state index contributed by atoms with van der Waals surface area (Å²) < 4.78 is 13.9. The van der Waals surface area contributed by atoms with Crippen LogP contribution in [-0.2, 0) is 13.9 Å². The molecule has 0 saturated heterocycles. The Morgan fingerprint density at radius 1 is 1.55 bits per heavy atom. The average Bonchev–Trinajstić information content (AvgIpc) is 1.83. The van der Waals surface area contributed by atoms with Crippen LogP contribution in [0, 0.1) is 0 Å². The number of carbonyl (C=O) groups excluding carboxylic acids is 1. The van der Waals surface area contributed by atoms with Crippen LogP contribution in [0.3, 0.4) is 0 Å². The first-order valence-electron chi connectivity index (χ1n) is 2.77. The van der Waals surface area contributed by atoms with E-state index in [1.807, 2.05) is 0 Å². The molecule has 6 nitrogen and oxygen atoms in total. The highest BCUT2D eigenvalue weighted by atomic mass is 31.2. The van der Waals surface area contributed by atoms with Crippen molar-refractivity contribution in [3.05, 3.63) is 0 Å². The Kier molecular flexibility index (Phi) is 4.48. The van der Waals surface area contributed by atoms with Gasteiger partial charge >= 0.3 is 7.82 Å². The highest BCUT2D eigenvalue weighted by molar-refractivity contribution is 7.46. The van der Waals surface area contributed by atoms with E-state index in [2.05, 4.69) is 4.52 Å². The second-order valence-electron chi connectivity index (χ2n) is 1.84. The molecule has 66 valence electrons. The molecule has 0 fully saturated rings. The number of phosphoric acid groups is 1. The smallest absolute Gasteiger partial charge is 0.390 e. The third-order valence-corrected chi connectivity index (χ3v) is 1.29. The van der Waals surface area contributed by atoms with E-state index in [0.717, 1.165) is 0 Å². The van der Waals surface area contributed by atoms with Crippen molar-refractivity contribution in [2.45, 2.75) is 12.5 Å². The molecule has 3 N–H and O–H groups in total. The van der Waals surface area contributed by atoms with E-state index in [0.29, 0.717) is 6.29 Å². The standard InChI is InChI=1S/C4H9O6P/c5-2-1-4(6)3-10-11(7,8)9/h2,4,6H,1,3H2,(H2,7,8,9). The fourth-order valence-corrected chi connectivity index (χ4v) is 0.729. The van der Waals surface area contributed by atoms with Crippen LogP contribution in [0.15, 0.2) is 0 Å². The zero-order chi connectivity index (χ0) is 8.91. The van der Waals surface area contributed by atoms with E-state index >= 15 is 0 Å². The van der Waals surface area contributed by atoms with Crippen molar-refractivity contribution in [2.75, 3.05) is 6.61 Å². The van der Waals surface area contributed by atoms with Gasteiger partial charge in [-0.2, -0.15) is 0 Å². The minimum atomic E-state index is -4.52. The summed E-state index contributed by atoms with van der Waals surface area (Å²) in [6.45, 7) is -0.539. The van der Waals surface area contributed by atoms with Gasteiger partial charge in [0.15, 0.2) is 0 Å². The second-order valence-corrected chi connectivity index (χ2v) is 3.08. The van der Waals surface area contributed by atoms with Crippen LogP contribution < -0.4 is 0 Å². The maximum Gasteiger partial charge on any atom is 0.469 e. The second kappa shape index (κ2) is 4.58. The molecule has 0 aromatic carbocycles. The first kappa shape index (κ1) is 10.7. The average molecular weight is 184 g/mol. The molecule has 0 bridgehead atoms. The lowest BCUT2D eigenvalue weighted by molar-refractivity contribution is -0.110. The number of rotatable bonds is 5. The predicted octanol–water partition coefficient (Wildman–Crippen LogP) is -0.954. The summed E-state index contributed by atoms with van der Waals surface area (Å²) in [4.78, 5) is 26.0. The Morgan fingerprint density at radius 3 is 2.45 bits per heavy atom. The van der Waals surface area contributed by atoms with Crippen molar-refractivity contribution >= 4 is 14.1 Å². The molecule has 0 aliphatic heterocycles. The molecule has 7 heteroatoms. The SMILES string of the molecule is O=CCC(O)COP(=O)(O)O. The van der Waals surface area contributed by atoms with Gasteiger partial charge < -0.3 is 19.7 Å². The molecule has 1 atom stereocenters. The molecule has 11 heavy (non-hydrogen) atoms. The van der Waals surface area contributed by atoms with Crippen LogP contribution >= 0.6 is 7.82 Å². The normalized spacial score (nSPS) is 14.5. The molecule has 0 aliphatic carbocycles. The molecule has 1 unspecified atom stereocenters. The maximum absolute atomic E-state index is 10.0. The van der Waals surface area contributed by atoms with Crippen LogP contribution in [0.25, 0.3) is 0 Å². The monoisotopic (exact) mass is 184 g/mol. The van der Waals surface area contributed by atoms with Gasteiger partial charge in [-0.15, -0.1) is 0 Å². The van der Waals surface area contributed by atoms with Crippen LogP contribution in [0.5, 0.6) is 0 Å². The number of aliphatic hydroxyl groups excluding tert-OH is 1. The van der Waals surface area contributed by atoms with Crippen molar-refractivity contribution in [3.63, 3.8) is 0 Å². The number of aldehydes is 1. The topological polar surface area (TPSA) is 104 Å². The van der Waals surface area contributed by atoms with Crippen LogP contribution in [0.2, 0.25) is 0 Å². The molecule has 0 aromatic rings. The van der Waals surface area contributed by atoms with E-state index in [9.17, 15) is 9.36 Å². The lowest BCUT2D eigenvalue weighted by atomic mass is 10.3. The Morgan fingerprint density at radius 2 is 2.09 bits per heavy atom. The van der Waals surface area contributed by atoms with Crippen molar-refractivity contribution in [2.24, 2.45) is 0 Å². The zero-order valence-corrected chi connectivity index (χ0v) is 6.48. The molecule has 0 spiro atoms. The number of carbonyl (C=O) groups is 1. The van der Waals surface area contributed by atoms with E-state index in [1.165, 1.54) is 0 Å².